The Morgan fingerprint density at radius 1 is 1.15 bits per heavy atom. The zero-order chi connectivity index (χ0) is 15.8. The molecule has 0 bridgehead atoms. The number of urea groups is 1. The second kappa shape index (κ2) is 8.19. The van der Waals surface area contributed by atoms with Crippen LogP contribution in [-0.4, -0.2) is 43.3 Å². The Kier molecular flexibility index (Phi) is 7.35. The molecule has 0 aliphatic heterocycles. The van der Waals surface area contributed by atoms with Gasteiger partial charge in [0, 0.05) is 17.7 Å². The van der Waals surface area contributed by atoms with E-state index in [0.717, 1.165) is 12.2 Å². The highest BCUT2D eigenvalue weighted by Gasteiger charge is 2.15. The summed E-state index contributed by atoms with van der Waals surface area (Å²) < 4.78 is 9.18. The van der Waals surface area contributed by atoms with E-state index in [1.807, 2.05) is 20.8 Å². The monoisotopic (exact) mass is 286 g/mol. The molecule has 0 heterocycles. The second-order valence-electron chi connectivity index (χ2n) is 5.24. The first kappa shape index (κ1) is 17.9. The highest BCUT2D eigenvalue weighted by Crippen LogP contribution is 1.98. The molecule has 2 N–H and O–H groups in total. The van der Waals surface area contributed by atoms with Gasteiger partial charge in [0.05, 0.1) is 13.2 Å². The average Bonchev–Trinajstić information content (AvgIpc) is 2.30. The van der Waals surface area contributed by atoms with E-state index in [2.05, 4.69) is 15.4 Å². The number of esters is 2. The van der Waals surface area contributed by atoms with Gasteiger partial charge in [0.1, 0.15) is 6.61 Å². The van der Waals surface area contributed by atoms with E-state index >= 15 is 0 Å². The molecule has 0 fully saturated rings. The number of carbonyl (C=O) groups excluding carboxylic acids is 3. The number of methoxy groups -OCH3 is 1. The molecular formula is C13H22N2O5. The molecule has 1 atom stereocenters. The normalized spacial score (nSPS) is 12.7. The van der Waals surface area contributed by atoms with Crippen molar-refractivity contribution in [1.82, 2.24) is 10.6 Å². The van der Waals surface area contributed by atoms with E-state index in [4.69, 9.17) is 4.74 Å². The van der Waals surface area contributed by atoms with Crippen LogP contribution in [0.15, 0.2) is 12.2 Å². The van der Waals surface area contributed by atoms with Gasteiger partial charge in [-0.1, -0.05) is 0 Å². The van der Waals surface area contributed by atoms with Crippen molar-refractivity contribution in [3.8, 4) is 0 Å². The van der Waals surface area contributed by atoms with Crippen LogP contribution >= 0.6 is 0 Å². The molecule has 114 valence electrons. The Balaban J connectivity index is 4.02. The van der Waals surface area contributed by atoms with Gasteiger partial charge in [-0.15, -0.1) is 0 Å². The van der Waals surface area contributed by atoms with E-state index in [-0.39, 0.29) is 24.2 Å². The Morgan fingerprint density at radius 2 is 1.70 bits per heavy atom. The summed E-state index contributed by atoms with van der Waals surface area (Å²) in [5.74, 6) is -1.32. The highest BCUT2D eigenvalue weighted by atomic mass is 16.5. The Hall–Kier alpha value is -2.05. The zero-order valence-electron chi connectivity index (χ0n) is 12.5. The lowest BCUT2D eigenvalue weighted by Gasteiger charge is -2.22. The summed E-state index contributed by atoms with van der Waals surface area (Å²) in [4.78, 5) is 33.5. The van der Waals surface area contributed by atoms with Crippen molar-refractivity contribution in [2.45, 2.75) is 39.3 Å². The largest absolute Gasteiger partial charge is 0.466 e. The predicted molar refractivity (Wildman–Crippen MR) is 73.0 cm³/mol. The quantitative estimate of drug-likeness (QED) is 0.574. The van der Waals surface area contributed by atoms with Gasteiger partial charge in [-0.3, -0.25) is 0 Å². The van der Waals surface area contributed by atoms with Crippen LogP contribution in [-0.2, 0) is 19.1 Å². The molecule has 0 aromatic carbocycles. The molecule has 0 aromatic rings. The summed E-state index contributed by atoms with van der Waals surface area (Å²) in [5, 5.41) is 5.34. The van der Waals surface area contributed by atoms with Gasteiger partial charge in [0.15, 0.2) is 0 Å². The third-order valence-corrected chi connectivity index (χ3v) is 1.90. The van der Waals surface area contributed by atoms with Crippen LogP contribution in [0.2, 0.25) is 0 Å². The molecule has 0 aromatic heterocycles. The first-order valence-electron chi connectivity index (χ1n) is 6.15. The number of rotatable bonds is 5. The van der Waals surface area contributed by atoms with Crippen molar-refractivity contribution in [3.63, 3.8) is 0 Å². The summed E-state index contributed by atoms with van der Waals surface area (Å²) in [5.41, 5.74) is -0.344. The lowest BCUT2D eigenvalue weighted by Crippen LogP contribution is -2.49. The lowest BCUT2D eigenvalue weighted by atomic mass is 10.1. The number of nitrogens with one attached hydrogen (secondary N) is 2. The van der Waals surface area contributed by atoms with E-state index < -0.39 is 11.9 Å². The maximum atomic E-state index is 11.5. The van der Waals surface area contributed by atoms with Crippen LogP contribution in [0.25, 0.3) is 0 Å². The van der Waals surface area contributed by atoms with Crippen LogP contribution in [0, 0.1) is 0 Å². The van der Waals surface area contributed by atoms with Crippen LogP contribution in [0.1, 0.15) is 27.7 Å². The van der Waals surface area contributed by atoms with Crippen LogP contribution in [0.3, 0.4) is 0 Å². The van der Waals surface area contributed by atoms with Gasteiger partial charge in [0.2, 0.25) is 0 Å². The SMILES string of the molecule is COC(=O)/C=C/C(=O)OC[C@@H](C)NC(=O)NC(C)(C)C. The lowest BCUT2D eigenvalue weighted by molar-refractivity contribution is -0.139. The fraction of sp³-hybridized carbons (Fsp3) is 0.615. The number of hydrogen-bond donors (Lipinski definition) is 2. The van der Waals surface area contributed by atoms with E-state index in [0.29, 0.717) is 0 Å². The minimum absolute atomic E-state index is 0.00189. The third kappa shape index (κ3) is 9.93. The molecule has 0 rings (SSSR count). The predicted octanol–water partition coefficient (Wildman–Crippen LogP) is 0.745. The smallest absolute Gasteiger partial charge is 0.331 e. The molecule has 0 spiro atoms. The van der Waals surface area contributed by atoms with Gasteiger partial charge >= 0.3 is 18.0 Å². The van der Waals surface area contributed by atoms with Gasteiger partial charge < -0.3 is 20.1 Å². The molecular weight excluding hydrogens is 264 g/mol. The molecule has 7 heteroatoms. The molecule has 0 aliphatic carbocycles. The molecule has 7 nitrogen and oxygen atoms in total. The van der Waals surface area contributed by atoms with Crippen molar-refractivity contribution in [2.75, 3.05) is 13.7 Å². The van der Waals surface area contributed by atoms with E-state index in [1.54, 1.807) is 6.92 Å². The van der Waals surface area contributed by atoms with E-state index in [1.165, 1.54) is 7.11 Å². The summed E-state index contributed by atoms with van der Waals surface area (Å²) in [6.45, 7) is 7.26. The summed E-state index contributed by atoms with van der Waals surface area (Å²) >= 11 is 0. The van der Waals surface area contributed by atoms with Crippen molar-refractivity contribution in [1.29, 1.82) is 0 Å². The number of hydrogen-bond acceptors (Lipinski definition) is 5. The summed E-state index contributed by atoms with van der Waals surface area (Å²) in [6.07, 6.45) is 1.93. The zero-order valence-corrected chi connectivity index (χ0v) is 12.5. The molecule has 0 saturated heterocycles. The molecule has 0 unspecified atom stereocenters. The van der Waals surface area contributed by atoms with Gasteiger partial charge in [-0.25, -0.2) is 14.4 Å². The molecule has 20 heavy (non-hydrogen) atoms. The Labute approximate surface area is 118 Å². The first-order valence-corrected chi connectivity index (χ1v) is 6.15. The maximum Gasteiger partial charge on any atom is 0.331 e. The molecule has 0 saturated carbocycles. The summed E-state index contributed by atoms with van der Waals surface area (Å²) in [7, 11) is 1.21. The standard InChI is InChI=1S/C13H22N2O5/c1-9(14-12(18)15-13(2,3)4)8-20-11(17)7-6-10(16)19-5/h6-7,9H,8H2,1-5H3,(H2,14,15,18)/b7-6+/t9-/m1/s1. The van der Waals surface area contributed by atoms with Gasteiger partial charge in [-0.05, 0) is 27.7 Å². The first-order chi connectivity index (χ1) is 9.14. The minimum atomic E-state index is -0.680. The van der Waals surface area contributed by atoms with Crippen molar-refractivity contribution >= 4 is 18.0 Å². The number of carbonyl (C=O) groups is 3. The molecule has 0 radical (unpaired) electrons. The molecule has 2 amide bonds. The van der Waals surface area contributed by atoms with Crippen LogP contribution < -0.4 is 10.6 Å². The topological polar surface area (TPSA) is 93.7 Å². The van der Waals surface area contributed by atoms with Crippen LogP contribution in [0.5, 0.6) is 0 Å². The summed E-state index contributed by atoms with van der Waals surface area (Å²) in [6, 6.07) is -0.695. The van der Waals surface area contributed by atoms with Gasteiger partial charge in [-0.2, -0.15) is 0 Å². The van der Waals surface area contributed by atoms with Crippen molar-refractivity contribution in [3.05, 3.63) is 12.2 Å². The maximum absolute atomic E-state index is 11.5. The van der Waals surface area contributed by atoms with Crippen molar-refractivity contribution < 1.29 is 23.9 Å². The van der Waals surface area contributed by atoms with Gasteiger partial charge in [0.25, 0.3) is 0 Å². The molecule has 0 aliphatic rings. The fourth-order valence-corrected chi connectivity index (χ4v) is 1.10. The Bertz CT molecular complexity index is 385. The minimum Gasteiger partial charge on any atom is -0.466 e. The average molecular weight is 286 g/mol. The second-order valence-corrected chi connectivity index (χ2v) is 5.24. The third-order valence-electron chi connectivity index (χ3n) is 1.90. The van der Waals surface area contributed by atoms with E-state index in [9.17, 15) is 14.4 Å². The van der Waals surface area contributed by atoms with Crippen LogP contribution in [0.4, 0.5) is 4.79 Å². The number of amides is 2. The van der Waals surface area contributed by atoms with Crippen molar-refractivity contribution in [2.24, 2.45) is 0 Å². The number of ether oxygens (including phenoxy) is 2. The highest BCUT2D eigenvalue weighted by molar-refractivity contribution is 5.91. The Morgan fingerprint density at radius 3 is 2.20 bits per heavy atom. The fourth-order valence-electron chi connectivity index (χ4n) is 1.10.